The summed E-state index contributed by atoms with van der Waals surface area (Å²) in [5, 5.41) is 11.0. The Hall–Kier alpha value is -2.41. The number of hydrazine groups is 1. The zero-order valence-corrected chi connectivity index (χ0v) is 11.2. The molecular formula is C13H17N5O2. The van der Waals surface area contributed by atoms with Gasteiger partial charge in [0.15, 0.2) is 0 Å². The van der Waals surface area contributed by atoms with Crippen LogP contribution in [0.2, 0.25) is 0 Å². The van der Waals surface area contributed by atoms with Crippen molar-refractivity contribution in [2.45, 2.75) is 26.3 Å². The fraction of sp³-hybridized carbons (Fsp3) is 0.308. The Bertz CT molecular complexity index is 609. The first-order valence-corrected chi connectivity index (χ1v) is 6.40. The maximum absolute atomic E-state index is 11.0. The Morgan fingerprint density at radius 3 is 2.95 bits per heavy atom. The van der Waals surface area contributed by atoms with Crippen LogP contribution in [0, 0.1) is 10.1 Å². The summed E-state index contributed by atoms with van der Waals surface area (Å²) in [4.78, 5) is 14.8. The molecule has 0 spiro atoms. The lowest BCUT2D eigenvalue weighted by atomic mass is 10.1. The number of aryl methyl sites for hydroxylation is 1. The van der Waals surface area contributed by atoms with Crippen LogP contribution in [0.4, 0.5) is 11.4 Å². The van der Waals surface area contributed by atoms with Gasteiger partial charge in [0.25, 0.3) is 5.69 Å². The number of nitrogens with two attached hydrogens (primary N) is 1. The van der Waals surface area contributed by atoms with E-state index in [1.807, 2.05) is 16.8 Å². The molecule has 1 aromatic carbocycles. The highest BCUT2D eigenvalue weighted by Gasteiger charge is 2.17. The number of nitrogens with zero attached hydrogens (tertiary/aromatic N) is 3. The van der Waals surface area contributed by atoms with E-state index < -0.39 is 4.92 Å². The Labute approximate surface area is 116 Å². The van der Waals surface area contributed by atoms with Crippen LogP contribution in [-0.4, -0.2) is 14.5 Å². The van der Waals surface area contributed by atoms with Crippen LogP contribution in [0.15, 0.2) is 30.6 Å². The molecule has 2 rings (SSSR count). The maximum atomic E-state index is 11.0. The highest BCUT2D eigenvalue weighted by atomic mass is 16.6. The molecule has 2 aromatic rings. The molecule has 3 N–H and O–H groups in total. The molecule has 0 aliphatic rings. The van der Waals surface area contributed by atoms with Gasteiger partial charge in [-0.05, 0) is 6.42 Å². The number of rotatable bonds is 6. The number of hydrogen-bond donors (Lipinski definition) is 2. The topological polar surface area (TPSA) is 99.0 Å². The van der Waals surface area contributed by atoms with Gasteiger partial charge in [-0.15, -0.1) is 0 Å². The van der Waals surface area contributed by atoms with Crippen molar-refractivity contribution in [3.05, 3.63) is 52.1 Å². The summed E-state index contributed by atoms with van der Waals surface area (Å²) in [6, 6.07) is 4.90. The van der Waals surface area contributed by atoms with Crippen LogP contribution in [0.5, 0.6) is 0 Å². The van der Waals surface area contributed by atoms with Crippen LogP contribution in [-0.2, 0) is 13.0 Å². The summed E-state index contributed by atoms with van der Waals surface area (Å²) in [6.45, 7) is 2.58. The SMILES string of the molecule is CCCc1nccn1Cc1cccc([N+](=O)[O-])c1NN. The number of nitro groups is 1. The molecule has 0 saturated heterocycles. The lowest BCUT2D eigenvalue weighted by Crippen LogP contribution is -2.13. The number of benzene rings is 1. The Kier molecular flexibility index (Phi) is 4.31. The van der Waals surface area contributed by atoms with Crippen molar-refractivity contribution in [3.63, 3.8) is 0 Å². The summed E-state index contributed by atoms with van der Waals surface area (Å²) in [5.74, 6) is 6.40. The number of hydrogen-bond acceptors (Lipinski definition) is 5. The molecule has 0 atom stereocenters. The van der Waals surface area contributed by atoms with Gasteiger partial charge in [-0.3, -0.25) is 16.0 Å². The number of nitrogen functional groups attached to an aromatic ring is 1. The van der Waals surface area contributed by atoms with Crippen molar-refractivity contribution >= 4 is 11.4 Å². The first kappa shape index (κ1) is 14.0. The summed E-state index contributed by atoms with van der Waals surface area (Å²) in [6.07, 6.45) is 5.46. The van der Waals surface area contributed by atoms with E-state index in [1.165, 1.54) is 6.07 Å². The van der Waals surface area contributed by atoms with Crippen molar-refractivity contribution in [2.75, 3.05) is 5.43 Å². The molecule has 1 heterocycles. The third-order valence-electron chi connectivity index (χ3n) is 3.09. The largest absolute Gasteiger partial charge is 0.330 e. The predicted molar refractivity (Wildman–Crippen MR) is 76.2 cm³/mol. The fourth-order valence-electron chi connectivity index (χ4n) is 2.16. The van der Waals surface area contributed by atoms with E-state index in [2.05, 4.69) is 17.3 Å². The lowest BCUT2D eigenvalue weighted by molar-refractivity contribution is -0.384. The number of nitro benzene ring substituents is 1. The molecule has 106 valence electrons. The standard InChI is InChI=1S/C13H17N5O2/c1-2-4-12-15-7-8-17(12)9-10-5-3-6-11(18(19)20)13(10)16-14/h3,5-8,16H,2,4,9,14H2,1H3. The van der Waals surface area contributed by atoms with Crippen molar-refractivity contribution < 1.29 is 4.92 Å². The number of para-hydroxylation sites is 1. The third-order valence-corrected chi connectivity index (χ3v) is 3.09. The minimum atomic E-state index is -0.445. The Balaban J connectivity index is 2.36. The highest BCUT2D eigenvalue weighted by Crippen LogP contribution is 2.28. The van der Waals surface area contributed by atoms with E-state index in [9.17, 15) is 10.1 Å². The van der Waals surface area contributed by atoms with Gasteiger partial charge in [-0.2, -0.15) is 0 Å². The van der Waals surface area contributed by atoms with Crippen LogP contribution in [0.1, 0.15) is 24.7 Å². The average molecular weight is 275 g/mol. The van der Waals surface area contributed by atoms with Crippen molar-refractivity contribution in [1.82, 2.24) is 9.55 Å². The van der Waals surface area contributed by atoms with E-state index in [-0.39, 0.29) is 5.69 Å². The van der Waals surface area contributed by atoms with Crippen molar-refractivity contribution in [3.8, 4) is 0 Å². The zero-order valence-electron chi connectivity index (χ0n) is 11.2. The van der Waals surface area contributed by atoms with Crippen molar-refractivity contribution in [1.29, 1.82) is 0 Å². The Morgan fingerprint density at radius 1 is 1.50 bits per heavy atom. The second kappa shape index (κ2) is 6.16. The van der Waals surface area contributed by atoms with Gasteiger partial charge in [-0.1, -0.05) is 19.1 Å². The van der Waals surface area contributed by atoms with Gasteiger partial charge in [0.1, 0.15) is 11.5 Å². The lowest BCUT2D eigenvalue weighted by Gasteiger charge is -2.11. The summed E-state index contributed by atoms with van der Waals surface area (Å²) >= 11 is 0. The van der Waals surface area contributed by atoms with Gasteiger partial charge >= 0.3 is 0 Å². The average Bonchev–Trinajstić information content (AvgIpc) is 2.86. The van der Waals surface area contributed by atoms with E-state index in [0.717, 1.165) is 24.2 Å². The second-order valence-corrected chi connectivity index (χ2v) is 4.43. The Morgan fingerprint density at radius 2 is 2.30 bits per heavy atom. The molecule has 0 fully saturated rings. The van der Waals surface area contributed by atoms with Gasteiger partial charge in [0.2, 0.25) is 0 Å². The normalized spacial score (nSPS) is 10.5. The van der Waals surface area contributed by atoms with E-state index in [0.29, 0.717) is 12.2 Å². The first-order chi connectivity index (χ1) is 9.67. The molecule has 0 amide bonds. The molecule has 0 saturated carbocycles. The molecule has 20 heavy (non-hydrogen) atoms. The molecule has 0 radical (unpaired) electrons. The number of aromatic nitrogens is 2. The number of imidazole rings is 1. The summed E-state index contributed by atoms with van der Waals surface area (Å²) in [5.41, 5.74) is 3.51. The molecule has 7 heteroatoms. The molecule has 7 nitrogen and oxygen atoms in total. The smallest absolute Gasteiger partial charge is 0.293 e. The zero-order chi connectivity index (χ0) is 14.5. The number of anilines is 1. The fourth-order valence-corrected chi connectivity index (χ4v) is 2.16. The molecule has 0 bridgehead atoms. The van der Waals surface area contributed by atoms with Gasteiger partial charge in [0.05, 0.1) is 11.5 Å². The molecule has 0 aliphatic heterocycles. The summed E-state index contributed by atoms with van der Waals surface area (Å²) in [7, 11) is 0. The summed E-state index contributed by atoms with van der Waals surface area (Å²) < 4.78 is 1.98. The third kappa shape index (κ3) is 2.77. The van der Waals surface area contributed by atoms with Crippen LogP contribution >= 0.6 is 0 Å². The van der Waals surface area contributed by atoms with Crippen LogP contribution in [0.25, 0.3) is 0 Å². The van der Waals surface area contributed by atoms with Gasteiger partial charge in [-0.25, -0.2) is 4.98 Å². The van der Waals surface area contributed by atoms with Crippen LogP contribution in [0.3, 0.4) is 0 Å². The molecule has 1 aromatic heterocycles. The second-order valence-electron chi connectivity index (χ2n) is 4.43. The van der Waals surface area contributed by atoms with E-state index in [4.69, 9.17) is 5.84 Å². The first-order valence-electron chi connectivity index (χ1n) is 6.40. The number of nitrogens with one attached hydrogen (secondary N) is 1. The minimum absolute atomic E-state index is 0.0258. The van der Waals surface area contributed by atoms with E-state index in [1.54, 1.807) is 12.3 Å². The molecule has 0 aliphatic carbocycles. The molecular weight excluding hydrogens is 258 g/mol. The highest BCUT2D eigenvalue weighted by molar-refractivity contribution is 5.65. The molecule has 0 unspecified atom stereocenters. The minimum Gasteiger partial charge on any atom is -0.330 e. The van der Waals surface area contributed by atoms with Crippen molar-refractivity contribution in [2.24, 2.45) is 5.84 Å². The van der Waals surface area contributed by atoms with Gasteiger partial charge in [0, 0.05) is 30.4 Å². The maximum Gasteiger partial charge on any atom is 0.293 e. The predicted octanol–water partition coefficient (Wildman–Crippen LogP) is 2.08. The van der Waals surface area contributed by atoms with E-state index >= 15 is 0 Å². The van der Waals surface area contributed by atoms with Crippen LogP contribution < -0.4 is 11.3 Å². The monoisotopic (exact) mass is 275 g/mol. The van der Waals surface area contributed by atoms with Gasteiger partial charge < -0.3 is 9.99 Å². The quantitative estimate of drug-likeness (QED) is 0.477.